The van der Waals surface area contributed by atoms with Crippen LogP contribution in [-0.4, -0.2) is 20.8 Å². The number of hydroxylamine groups is 1. The molecular formula is C15H19N2O+. The molecule has 0 spiro atoms. The Hall–Kier alpha value is -1.68. The highest BCUT2D eigenvalue weighted by molar-refractivity contribution is 5.40. The van der Waals surface area contributed by atoms with Gasteiger partial charge in [-0.1, -0.05) is 36.4 Å². The second-order valence-electron chi connectivity index (χ2n) is 4.97. The van der Waals surface area contributed by atoms with E-state index in [-0.39, 0.29) is 5.06 Å². The molecule has 18 heavy (non-hydrogen) atoms. The van der Waals surface area contributed by atoms with E-state index >= 15 is 0 Å². The molecule has 3 nitrogen and oxygen atoms in total. The molecule has 0 aliphatic carbocycles. The topological polar surface area (TPSA) is 27.5 Å². The monoisotopic (exact) mass is 243 g/mol. The maximum Gasteiger partial charge on any atom is 0.214 e. The van der Waals surface area contributed by atoms with Crippen LogP contribution in [0.3, 0.4) is 0 Å². The molecule has 94 valence electrons. The second kappa shape index (κ2) is 5.31. The molecule has 2 aromatic carbocycles. The lowest BCUT2D eigenvalue weighted by Gasteiger charge is -2.33. The molecule has 2 rings (SSSR count). The zero-order chi connectivity index (χ0) is 13.0. The van der Waals surface area contributed by atoms with Gasteiger partial charge in [0, 0.05) is 0 Å². The maximum absolute atomic E-state index is 12.2. The summed E-state index contributed by atoms with van der Waals surface area (Å²) < 4.78 is 0.564. The van der Waals surface area contributed by atoms with Gasteiger partial charge >= 0.3 is 0 Å². The normalized spacial score (nSPS) is 13.3. The number of benzene rings is 2. The first kappa shape index (κ1) is 12.8. The molecule has 0 saturated carbocycles. The summed E-state index contributed by atoms with van der Waals surface area (Å²) in [6.45, 7) is 0.466. The standard InChI is InChI=1S/C15H19N2O/c1-17(2,15-11-7-4-8-12-15)13-16(18)14-9-5-3-6-10-14/h3-12,16H,13H2,1-2H3/q+1. The Morgan fingerprint density at radius 1 is 0.889 bits per heavy atom. The Kier molecular flexibility index (Phi) is 3.77. The van der Waals surface area contributed by atoms with Gasteiger partial charge in [0.25, 0.3) is 0 Å². The molecule has 0 aliphatic rings. The van der Waals surface area contributed by atoms with Crippen LogP contribution in [0.1, 0.15) is 0 Å². The van der Waals surface area contributed by atoms with Crippen molar-refractivity contribution in [2.24, 2.45) is 0 Å². The third-order valence-electron chi connectivity index (χ3n) is 3.09. The largest absolute Gasteiger partial charge is 0.625 e. The van der Waals surface area contributed by atoms with Crippen LogP contribution in [-0.2, 0) is 0 Å². The van der Waals surface area contributed by atoms with E-state index in [2.05, 4.69) is 26.2 Å². The van der Waals surface area contributed by atoms with E-state index in [1.807, 2.05) is 48.5 Å². The van der Waals surface area contributed by atoms with Crippen LogP contribution in [0.15, 0.2) is 60.7 Å². The van der Waals surface area contributed by atoms with Crippen molar-refractivity contribution in [2.75, 3.05) is 20.8 Å². The Morgan fingerprint density at radius 3 is 1.94 bits per heavy atom. The predicted octanol–water partition coefficient (Wildman–Crippen LogP) is 1.93. The van der Waals surface area contributed by atoms with Crippen molar-refractivity contribution in [3.05, 3.63) is 65.9 Å². The van der Waals surface area contributed by atoms with Crippen molar-refractivity contribution in [1.82, 2.24) is 4.48 Å². The molecule has 0 amide bonds. The van der Waals surface area contributed by atoms with E-state index in [1.54, 1.807) is 0 Å². The highest BCUT2D eigenvalue weighted by Gasteiger charge is 2.22. The zero-order valence-corrected chi connectivity index (χ0v) is 10.8. The number of quaternary nitrogens is 2. The van der Waals surface area contributed by atoms with Gasteiger partial charge in [0.2, 0.25) is 6.67 Å². The molecule has 2 aromatic rings. The first-order valence-electron chi connectivity index (χ1n) is 6.06. The molecule has 3 heteroatoms. The number of hydrogen-bond donors (Lipinski definition) is 1. The Labute approximate surface area is 108 Å². The summed E-state index contributed by atoms with van der Waals surface area (Å²) in [5.74, 6) is 0. The first-order chi connectivity index (χ1) is 8.59. The van der Waals surface area contributed by atoms with Gasteiger partial charge in [0.15, 0.2) is 0 Å². The van der Waals surface area contributed by atoms with E-state index < -0.39 is 0 Å². The second-order valence-corrected chi connectivity index (χ2v) is 4.97. The van der Waals surface area contributed by atoms with E-state index in [0.717, 1.165) is 11.4 Å². The summed E-state index contributed by atoms with van der Waals surface area (Å²) >= 11 is 0. The van der Waals surface area contributed by atoms with Crippen molar-refractivity contribution >= 4 is 11.4 Å². The summed E-state index contributed by atoms with van der Waals surface area (Å²) in [7, 11) is 4.10. The summed E-state index contributed by atoms with van der Waals surface area (Å²) in [6.07, 6.45) is 0. The molecular weight excluding hydrogens is 224 g/mol. The van der Waals surface area contributed by atoms with Crippen molar-refractivity contribution < 1.29 is 5.06 Å². The lowest BCUT2D eigenvalue weighted by Crippen LogP contribution is -3.05. The number of rotatable bonds is 4. The van der Waals surface area contributed by atoms with E-state index in [0.29, 0.717) is 11.2 Å². The van der Waals surface area contributed by atoms with Crippen molar-refractivity contribution in [3.8, 4) is 0 Å². The summed E-state index contributed by atoms with van der Waals surface area (Å²) in [4.78, 5) is 0. The Bertz CT molecular complexity index is 482. The molecule has 1 N–H and O–H groups in total. The molecule has 0 fully saturated rings. The van der Waals surface area contributed by atoms with Gasteiger partial charge in [-0.2, -0.15) is 0 Å². The van der Waals surface area contributed by atoms with Gasteiger partial charge in [-0.15, -0.1) is 0 Å². The van der Waals surface area contributed by atoms with Crippen LogP contribution in [0, 0.1) is 5.21 Å². The third-order valence-corrected chi connectivity index (χ3v) is 3.09. The van der Waals surface area contributed by atoms with Crippen molar-refractivity contribution in [1.29, 1.82) is 0 Å². The highest BCUT2D eigenvalue weighted by atomic mass is 16.5. The fourth-order valence-electron chi connectivity index (χ4n) is 2.00. The molecule has 0 bridgehead atoms. The van der Waals surface area contributed by atoms with Crippen LogP contribution in [0.4, 0.5) is 11.4 Å². The van der Waals surface area contributed by atoms with Gasteiger partial charge in [-0.25, -0.2) is 4.48 Å². The van der Waals surface area contributed by atoms with E-state index in [4.69, 9.17) is 0 Å². The quantitative estimate of drug-likeness (QED) is 0.496. The average Bonchev–Trinajstić information content (AvgIpc) is 2.40. The van der Waals surface area contributed by atoms with Crippen LogP contribution in [0.25, 0.3) is 0 Å². The SMILES string of the molecule is C[N+](C)(C[NH+]([O-])c1ccccc1)c1ccccc1. The third kappa shape index (κ3) is 2.96. The molecule has 0 aromatic heterocycles. The average molecular weight is 243 g/mol. The fraction of sp³-hybridized carbons (Fsp3) is 0.200. The molecule has 0 radical (unpaired) electrons. The van der Waals surface area contributed by atoms with Gasteiger partial charge in [-0.05, 0) is 24.3 Å². The molecule has 1 atom stereocenters. The molecule has 1 unspecified atom stereocenters. The lowest BCUT2D eigenvalue weighted by atomic mass is 10.2. The molecule has 0 aliphatic heterocycles. The molecule has 0 saturated heterocycles. The summed E-state index contributed by atoms with van der Waals surface area (Å²) in [5, 5.41) is 12.4. The van der Waals surface area contributed by atoms with Crippen LogP contribution < -0.4 is 9.55 Å². The van der Waals surface area contributed by atoms with Crippen molar-refractivity contribution in [3.63, 3.8) is 0 Å². The van der Waals surface area contributed by atoms with Gasteiger partial charge in [-0.3, -0.25) is 5.06 Å². The summed E-state index contributed by atoms with van der Waals surface area (Å²) in [6, 6.07) is 19.6. The van der Waals surface area contributed by atoms with E-state index in [9.17, 15) is 5.21 Å². The maximum atomic E-state index is 12.2. The van der Waals surface area contributed by atoms with Gasteiger partial charge < -0.3 is 5.21 Å². The number of para-hydroxylation sites is 2. The predicted molar refractivity (Wildman–Crippen MR) is 75.4 cm³/mol. The smallest absolute Gasteiger partial charge is 0.214 e. The zero-order valence-electron chi connectivity index (χ0n) is 10.8. The summed E-state index contributed by atoms with van der Waals surface area (Å²) in [5.41, 5.74) is 1.92. The van der Waals surface area contributed by atoms with E-state index in [1.165, 1.54) is 0 Å². The Morgan fingerprint density at radius 2 is 1.39 bits per heavy atom. The minimum Gasteiger partial charge on any atom is -0.625 e. The Balaban J connectivity index is 2.14. The van der Waals surface area contributed by atoms with Crippen LogP contribution >= 0.6 is 0 Å². The first-order valence-corrected chi connectivity index (χ1v) is 6.06. The minimum atomic E-state index is 0.171. The van der Waals surface area contributed by atoms with Crippen molar-refractivity contribution in [2.45, 2.75) is 0 Å². The molecule has 0 heterocycles. The fourth-order valence-corrected chi connectivity index (χ4v) is 2.00. The lowest BCUT2D eigenvalue weighted by molar-refractivity contribution is -0.787. The van der Waals surface area contributed by atoms with Crippen LogP contribution in [0.2, 0.25) is 0 Å². The van der Waals surface area contributed by atoms with Gasteiger partial charge in [0.05, 0.1) is 14.1 Å². The van der Waals surface area contributed by atoms with Gasteiger partial charge in [0.1, 0.15) is 11.4 Å². The number of nitrogens with one attached hydrogen (secondary N) is 1. The number of nitrogens with zero attached hydrogens (tertiary/aromatic N) is 1. The van der Waals surface area contributed by atoms with Crippen LogP contribution in [0.5, 0.6) is 0 Å². The highest BCUT2D eigenvalue weighted by Crippen LogP contribution is 2.16. The minimum absolute atomic E-state index is 0.171. The number of hydrogen-bond acceptors (Lipinski definition) is 1.